The number of nitrogens with zero attached hydrogens (tertiary/aromatic N) is 1. The molecule has 1 fully saturated rings. The summed E-state index contributed by atoms with van der Waals surface area (Å²) >= 11 is 0. The first kappa shape index (κ1) is 15.9. The Hall–Kier alpha value is -0.130. The molecule has 1 rings (SSSR count). The molecular weight excluding hydrogens is 248 g/mol. The van der Waals surface area contributed by atoms with Gasteiger partial charge in [-0.3, -0.25) is 0 Å². The lowest BCUT2D eigenvalue weighted by atomic mass is 9.84. The van der Waals surface area contributed by atoms with Gasteiger partial charge in [-0.25, -0.2) is 8.42 Å². The van der Waals surface area contributed by atoms with E-state index in [9.17, 15) is 8.42 Å². The van der Waals surface area contributed by atoms with Crippen molar-refractivity contribution < 1.29 is 8.42 Å². The van der Waals surface area contributed by atoms with Gasteiger partial charge in [0.15, 0.2) is 9.84 Å². The van der Waals surface area contributed by atoms with E-state index in [1.165, 1.54) is 0 Å². The van der Waals surface area contributed by atoms with Crippen molar-refractivity contribution in [1.29, 1.82) is 0 Å². The summed E-state index contributed by atoms with van der Waals surface area (Å²) in [5, 5.41) is 3.46. The molecule has 1 heterocycles. The number of rotatable bonds is 5. The van der Waals surface area contributed by atoms with E-state index in [0.29, 0.717) is 24.1 Å². The maximum Gasteiger partial charge on any atom is 0.151 e. The normalized spacial score (nSPS) is 23.6. The lowest BCUT2D eigenvalue weighted by molar-refractivity contribution is 0.150. The first-order valence-corrected chi connectivity index (χ1v) is 8.75. The summed E-state index contributed by atoms with van der Waals surface area (Å²) in [5.74, 6) is 0.672. The summed E-state index contributed by atoms with van der Waals surface area (Å²) in [6.07, 6.45) is 0.772. The fourth-order valence-corrected chi connectivity index (χ4v) is 3.75. The molecule has 0 radical (unpaired) electrons. The summed E-state index contributed by atoms with van der Waals surface area (Å²) in [6, 6.07) is 0.433. The maximum atomic E-state index is 11.6. The molecule has 4 nitrogen and oxygen atoms in total. The molecule has 0 bridgehead atoms. The minimum absolute atomic E-state index is 0.157. The Bertz CT molecular complexity index is 352. The largest absolute Gasteiger partial charge is 0.314 e. The number of hydrogen-bond donors (Lipinski definition) is 1. The van der Waals surface area contributed by atoms with Crippen LogP contribution < -0.4 is 5.32 Å². The fraction of sp³-hybridized carbons (Fsp3) is 1.00. The van der Waals surface area contributed by atoms with Crippen LogP contribution in [0.4, 0.5) is 0 Å². The van der Waals surface area contributed by atoms with Crippen LogP contribution >= 0.6 is 0 Å². The highest BCUT2D eigenvalue weighted by molar-refractivity contribution is 7.91. The van der Waals surface area contributed by atoms with Crippen molar-refractivity contribution in [1.82, 2.24) is 10.2 Å². The van der Waals surface area contributed by atoms with E-state index < -0.39 is 9.84 Å². The molecule has 5 heteroatoms. The first-order chi connectivity index (χ1) is 8.27. The van der Waals surface area contributed by atoms with Gasteiger partial charge in [-0.2, -0.15) is 0 Å². The first-order valence-electron chi connectivity index (χ1n) is 6.93. The molecule has 18 heavy (non-hydrogen) atoms. The van der Waals surface area contributed by atoms with Crippen LogP contribution in [-0.2, 0) is 9.84 Å². The van der Waals surface area contributed by atoms with Gasteiger partial charge in [0.2, 0.25) is 0 Å². The van der Waals surface area contributed by atoms with Gasteiger partial charge in [0.1, 0.15) is 0 Å². The number of sulfone groups is 1. The summed E-state index contributed by atoms with van der Waals surface area (Å²) in [5.41, 5.74) is 0.157. The summed E-state index contributed by atoms with van der Waals surface area (Å²) < 4.78 is 23.2. The number of nitrogens with one attached hydrogen (secondary N) is 1. The van der Waals surface area contributed by atoms with E-state index >= 15 is 0 Å². The van der Waals surface area contributed by atoms with Crippen molar-refractivity contribution in [3.63, 3.8) is 0 Å². The van der Waals surface area contributed by atoms with E-state index in [-0.39, 0.29) is 5.41 Å². The molecule has 1 saturated heterocycles. The average molecular weight is 276 g/mol. The zero-order valence-electron chi connectivity index (χ0n) is 12.2. The van der Waals surface area contributed by atoms with Crippen LogP contribution in [-0.4, -0.2) is 57.0 Å². The molecule has 0 spiro atoms. The molecule has 0 saturated carbocycles. The smallest absolute Gasteiger partial charge is 0.151 e. The Morgan fingerprint density at radius 1 is 1.28 bits per heavy atom. The highest BCUT2D eigenvalue weighted by Crippen LogP contribution is 2.23. The van der Waals surface area contributed by atoms with Crippen molar-refractivity contribution in [2.75, 3.05) is 37.7 Å². The Morgan fingerprint density at radius 3 is 2.56 bits per heavy atom. The minimum atomic E-state index is -2.80. The van der Waals surface area contributed by atoms with Gasteiger partial charge >= 0.3 is 0 Å². The molecule has 0 aromatic heterocycles. The number of hydrogen-bond acceptors (Lipinski definition) is 4. The van der Waals surface area contributed by atoms with Crippen molar-refractivity contribution >= 4 is 9.84 Å². The quantitative estimate of drug-likeness (QED) is 0.818. The van der Waals surface area contributed by atoms with Crippen LogP contribution in [0.2, 0.25) is 0 Å². The molecule has 1 aliphatic rings. The van der Waals surface area contributed by atoms with Gasteiger partial charge in [0.25, 0.3) is 0 Å². The molecule has 1 atom stereocenters. The molecule has 1 aliphatic heterocycles. The zero-order chi connectivity index (χ0) is 13.8. The van der Waals surface area contributed by atoms with Crippen molar-refractivity contribution in [2.24, 2.45) is 5.41 Å². The topological polar surface area (TPSA) is 49.4 Å². The molecule has 1 N–H and O–H groups in total. The Morgan fingerprint density at radius 2 is 1.94 bits per heavy atom. The van der Waals surface area contributed by atoms with Crippen molar-refractivity contribution in [3.05, 3.63) is 0 Å². The van der Waals surface area contributed by atoms with E-state index in [1.54, 1.807) is 0 Å². The van der Waals surface area contributed by atoms with E-state index in [2.05, 4.69) is 37.9 Å². The van der Waals surface area contributed by atoms with E-state index in [1.807, 2.05) is 0 Å². The standard InChI is InChI=1S/C13H28N2O2S/c1-5-14-12(2)13(3,4)11-15-7-6-9-18(16,17)10-8-15/h12,14H,5-11H2,1-4H3. The minimum Gasteiger partial charge on any atom is -0.314 e. The van der Waals surface area contributed by atoms with Crippen LogP contribution in [0.5, 0.6) is 0 Å². The van der Waals surface area contributed by atoms with Gasteiger partial charge in [-0.15, -0.1) is 0 Å². The van der Waals surface area contributed by atoms with Gasteiger partial charge in [0, 0.05) is 19.1 Å². The molecule has 0 aromatic carbocycles. The lowest BCUT2D eigenvalue weighted by Gasteiger charge is -2.37. The molecule has 1 unspecified atom stereocenters. The maximum absolute atomic E-state index is 11.6. The molecule has 0 amide bonds. The van der Waals surface area contributed by atoms with Crippen molar-refractivity contribution in [3.8, 4) is 0 Å². The second-order valence-corrected chi connectivity index (χ2v) is 8.35. The van der Waals surface area contributed by atoms with Gasteiger partial charge < -0.3 is 10.2 Å². The molecule has 0 aromatic rings. The van der Waals surface area contributed by atoms with E-state index in [0.717, 1.165) is 26.1 Å². The predicted octanol–water partition coefficient (Wildman–Crippen LogP) is 1.13. The highest BCUT2D eigenvalue weighted by Gasteiger charge is 2.29. The Balaban J connectivity index is 2.56. The van der Waals surface area contributed by atoms with Crippen LogP contribution in [0, 0.1) is 5.41 Å². The second-order valence-electron chi connectivity index (χ2n) is 6.05. The van der Waals surface area contributed by atoms with Crippen LogP contribution in [0.15, 0.2) is 0 Å². The third-order valence-corrected chi connectivity index (χ3v) is 5.68. The molecule has 108 valence electrons. The summed E-state index contributed by atoms with van der Waals surface area (Å²) in [6.45, 7) is 12.3. The van der Waals surface area contributed by atoms with Crippen LogP contribution in [0.3, 0.4) is 0 Å². The Kier molecular flexibility index (Phi) is 5.62. The highest BCUT2D eigenvalue weighted by atomic mass is 32.2. The second kappa shape index (κ2) is 6.35. The SMILES string of the molecule is CCNC(C)C(C)(C)CN1CCCS(=O)(=O)CC1. The van der Waals surface area contributed by atoms with Gasteiger partial charge in [0.05, 0.1) is 11.5 Å². The summed E-state index contributed by atoms with van der Waals surface area (Å²) in [4.78, 5) is 2.30. The summed E-state index contributed by atoms with van der Waals surface area (Å²) in [7, 11) is -2.80. The monoisotopic (exact) mass is 276 g/mol. The fourth-order valence-electron chi connectivity index (χ4n) is 2.44. The zero-order valence-corrected chi connectivity index (χ0v) is 13.0. The lowest BCUT2D eigenvalue weighted by Crippen LogP contribution is -2.47. The average Bonchev–Trinajstić information content (AvgIpc) is 2.40. The third-order valence-electron chi connectivity index (χ3n) is 3.96. The third kappa shape index (κ3) is 4.86. The van der Waals surface area contributed by atoms with Crippen LogP contribution in [0.25, 0.3) is 0 Å². The molecule has 0 aliphatic carbocycles. The predicted molar refractivity (Wildman–Crippen MR) is 76.6 cm³/mol. The van der Waals surface area contributed by atoms with Crippen molar-refractivity contribution in [2.45, 2.75) is 40.2 Å². The molecular formula is C13H28N2O2S. The van der Waals surface area contributed by atoms with Gasteiger partial charge in [-0.05, 0) is 31.8 Å². The van der Waals surface area contributed by atoms with Gasteiger partial charge in [-0.1, -0.05) is 20.8 Å². The van der Waals surface area contributed by atoms with E-state index in [4.69, 9.17) is 0 Å². The van der Waals surface area contributed by atoms with Crippen LogP contribution in [0.1, 0.15) is 34.1 Å². The Labute approximate surface area is 112 Å².